The third kappa shape index (κ3) is 3.90. The molecule has 1 heterocycles. The van der Waals surface area contributed by atoms with Gasteiger partial charge in [0, 0.05) is 23.9 Å². The van der Waals surface area contributed by atoms with Crippen molar-refractivity contribution in [1.29, 1.82) is 0 Å². The van der Waals surface area contributed by atoms with Gasteiger partial charge in [0.2, 0.25) is 0 Å². The van der Waals surface area contributed by atoms with E-state index in [1.54, 1.807) is 0 Å². The van der Waals surface area contributed by atoms with Gasteiger partial charge in [-0.05, 0) is 27.7 Å². The number of ether oxygens (including phenoxy) is 1. The fourth-order valence-electron chi connectivity index (χ4n) is 2.48. The van der Waals surface area contributed by atoms with Crippen LogP contribution in [-0.2, 0) is 9.53 Å². The summed E-state index contributed by atoms with van der Waals surface area (Å²) in [6.07, 6.45) is 1.18. The lowest BCUT2D eigenvalue weighted by atomic mass is 9.80. The summed E-state index contributed by atoms with van der Waals surface area (Å²) in [5.41, 5.74) is -0.753. The second kappa shape index (κ2) is 5.46. The van der Waals surface area contributed by atoms with E-state index in [-0.39, 0.29) is 25.1 Å². The number of alkyl halides is 2. The maximum atomic E-state index is 11.6. The van der Waals surface area contributed by atoms with Crippen LogP contribution < -0.4 is 0 Å². The number of nitrogens with zero attached hydrogens (tertiary/aromatic N) is 1. The molecule has 0 aromatic heterocycles. The summed E-state index contributed by atoms with van der Waals surface area (Å²) in [6.45, 7) is 7.83. The Balaban J connectivity index is 2.75. The van der Waals surface area contributed by atoms with Gasteiger partial charge in [-0.2, -0.15) is 5.06 Å². The number of hydroxylamine groups is 2. The first-order valence-electron chi connectivity index (χ1n) is 5.54. The smallest absolute Gasteiger partial charge is 0.329 e. The molecule has 1 fully saturated rings. The van der Waals surface area contributed by atoms with Crippen LogP contribution in [0.2, 0.25) is 0 Å². The number of hydrogen-bond acceptors (Lipinski definition) is 4. The van der Waals surface area contributed by atoms with Crippen LogP contribution in [0.3, 0.4) is 0 Å². The van der Waals surface area contributed by atoms with Gasteiger partial charge in [-0.1, -0.05) is 45.2 Å². The van der Waals surface area contributed by atoms with E-state index in [0.717, 1.165) is 0 Å². The zero-order valence-electron chi connectivity index (χ0n) is 10.5. The first-order chi connectivity index (χ1) is 7.56. The van der Waals surface area contributed by atoms with Crippen molar-refractivity contribution in [1.82, 2.24) is 5.06 Å². The van der Waals surface area contributed by atoms with Crippen molar-refractivity contribution < 1.29 is 14.7 Å². The van der Waals surface area contributed by atoms with Gasteiger partial charge in [0.05, 0.1) is 0 Å². The molecule has 1 aliphatic rings. The van der Waals surface area contributed by atoms with Crippen LogP contribution in [0.15, 0.2) is 0 Å². The van der Waals surface area contributed by atoms with Gasteiger partial charge in [0.1, 0.15) is 6.10 Å². The van der Waals surface area contributed by atoms with E-state index in [0.29, 0.717) is 12.8 Å². The first kappa shape index (κ1) is 15.9. The molecular weight excluding hydrogens is 448 g/mol. The van der Waals surface area contributed by atoms with Crippen LogP contribution in [0.1, 0.15) is 40.5 Å². The standard InChI is InChI=1S/C11H19I2NO3/c1-10(2)5-7(17-9(15)8(12)13)6-11(3,4)14(10)16/h7-8,16H,5-6H2,1-4H3. The Morgan fingerprint density at radius 1 is 1.29 bits per heavy atom. The van der Waals surface area contributed by atoms with Crippen molar-refractivity contribution in [2.24, 2.45) is 0 Å². The average Bonchev–Trinajstić information content (AvgIpc) is 2.12. The van der Waals surface area contributed by atoms with E-state index in [1.807, 2.05) is 72.9 Å². The highest BCUT2D eigenvalue weighted by molar-refractivity contribution is 14.2. The molecule has 0 amide bonds. The highest BCUT2D eigenvalue weighted by Crippen LogP contribution is 2.38. The molecule has 6 heteroatoms. The second-order valence-corrected chi connectivity index (χ2v) is 10.6. The Labute approximate surface area is 130 Å². The van der Waals surface area contributed by atoms with E-state index < -0.39 is 0 Å². The normalized spacial score (nSPS) is 24.9. The van der Waals surface area contributed by atoms with E-state index >= 15 is 0 Å². The molecule has 1 N–H and O–H groups in total. The zero-order valence-corrected chi connectivity index (χ0v) is 14.9. The second-order valence-electron chi connectivity index (χ2n) is 5.70. The van der Waals surface area contributed by atoms with Crippen LogP contribution in [0.25, 0.3) is 0 Å². The Bertz CT molecular complexity index is 287. The molecule has 0 aliphatic carbocycles. The molecule has 0 saturated carbocycles. The predicted octanol–water partition coefficient (Wildman–Crippen LogP) is 3.14. The molecular formula is C11H19I2NO3. The third-order valence-electron chi connectivity index (χ3n) is 3.06. The molecule has 4 nitrogen and oxygen atoms in total. The number of piperidine rings is 1. The molecule has 0 bridgehead atoms. The predicted molar refractivity (Wildman–Crippen MR) is 82.7 cm³/mol. The molecule has 0 atom stereocenters. The lowest BCUT2D eigenvalue weighted by Crippen LogP contribution is -2.60. The van der Waals surface area contributed by atoms with E-state index in [4.69, 9.17) is 4.74 Å². The summed E-state index contributed by atoms with van der Waals surface area (Å²) in [5.74, 6) is -0.186. The summed E-state index contributed by atoms with van der Waals surface area (Å²) >= 11 is 4.08. The number of esters is 1. The molecule has 0 radical (unpaired) electrons. The largest absolute Gasteiger partial charge is 0.461 e. The maximum absolute atomic E-state index is 11.6. The van der Waals surface area contributed by atoms with E-state index in [1.165, 1.54) is 5.06 Å². The Morgan fingerprint density at radius 3 is 2.06 bits per heavy atom. The van der Waals surface area contributed by atoms with Crippen molar-refractivity contribution in [2.45, 2.75) is 59.6 Å². The van der Waals surface area contributed by atoms with Gasteiger partial charge >= 0.3 is 5.97 Å². The van der Waals surface area contributed by atoms with Crippen molar-refractivity contribution in [3.8, 4) is 0 Å². The quantitative estimate of drug-likeness (QED) is 0.386. The molecule has 0 spiro atoms. The van der Waals surface area contributed by atoms with Crippen LogP contribution in [0.5, 0.6) is 0 Å². The zero-order chi connectivity index (χ0) is 13.4. The minimum atomic E-state index is -0.376. The third-order valence-corrected chi connectivity index (χ3v) is 4.08. The van der Waals surface area contributed by atoms with Gasteiger partial charge < -0.3 is 9.94 Å². The first-order valence-corrected chi connectivity index (χ1v) is 8.03. The number of hydrogen-bond donors (Lipinski definition) is 1. The van der Waals surface area contributed by atoms with Gasteiger partial charge in [-0.15, -0.1) is 0 Å². The van der Waals surface area contributed by atoms with Crippen LogP contribution in [-0.4, -0.2) is 35.4 Å². The van der Waals surface area contributed by atoms with E-state index in [2.05, 4.69) is 0 Å². The fraction of sp³-hybridized carbons (Fsp3) is 0.909. The lowest BCUT2D eigenvalue weighted by Gasteiger charge is -2.50. The summed E-state index contributed by atoms with van der Waals surface area (Å²) in [6, 6.07) is 0. The summed E-state index contributed by atoms with van der Waals surface area (Å²) in [7, 11) is 0. The molecule has 0 aromatic carbocycles. The SMILES string of the molecule is CC1(C)CC(OC(=O)C(I)I)CC(C)(C)N1O. The summed E-state index contributed by atoms with van der Waals surface area (Å²) in [4.78, 5) is 11.6. The molecule has 17 heavy (non-hydrogen) atoms. The van der Waals surface area contributed by atoms with Crippen molar-refractivity contribution >= 4 is 51.2 Å². The molecule has 1 aliphatic heterocycles. The molecule has 1 rings (SSSR count). The summed E-state index contributed by atoms with van der Waals surface area (Å²) in [5, 5.41) is 11.5. The molecule has 0 unspecified atom stereocenters. The average molecular weight is 467 g/mol. The maximum Gasteiger partial charge on any atom is 0.329 e. The Morgan fingerprint density at radius 2 is 1.71 bits per heavy atom. The molecule has 0 aromatic rings. The fourth-order valence-corrected chi connectivity index (χ4v) is 2.77. The van der Waals surface area contributed by atoms with Crippen molar-refractivity contribution in [3.63, 3.8) is 0 Å². The van der Waals surface area contributed by atoms with Crippen LogP contribution in [0.4, 0.5) is 0 Å². The van der Waals surface area contributed by atoms with Gasteiger partial charge in [-0.3, -0.25) is 4.79 Å². The number of halogens is 2. The van der Waals surface area contributed by atoms with E-state index in [9.17, 15) is 10.0 Å². The van der Waals surface area contributed by atoms with Crippen LogP contribution in [0, 0.1) is 0 Å². The number of carbonyl (C=O) groups excluding carboxylic acids is 1. The highest BCUT2D eigenvalue weighted by Gasteiger charge is 2.46. The Hall–Kier alpha value is 0.850. The number of carbonyl (C=O) groups is 1. The van der Waals surface area contributed by atoms with Gasteiger partial charge in [0.25, 0.3) is 0 Å². The lowest BCUT2D eigenvalue weighted by molar-refractivity contribution is -0.259. The van der Waals surface area contributed by atoms with Gasteiger partial charge in [-0.25, -0.2) is 0 Å². The monoisotopic (exact) mass is 467 g/mol. The topological polar surface area (TPSA) is 49.8 Å². The Kier molecular flexibility index (Phi) is 5.11. The molecule has 100 valence electrons. The van der Waals surface area contributed by atoms with Crippen molar-refractivity contribution in [3.05, 3.63) is 0 Å². The molecule has 1 saturated heterocycles. The van der Waals surface area contributed by atoms with Gasteiger partial charge in [0.15, 0.2) is 1.93 Å². The van der Waals surface area contributed by atoms with Crippen molar-refractivity contribution in [2.75, 3.05) is 0 Å². The van der Waals surface area contributed by atoms with Crippen LogP contribution >= 0.6 is 45.2 Å². The minimum Gasteiger partial charge on any atom is -0.461 e. The number of rotatable bonds is 2. The summed E-state index contributed by atoms with van der Waals surface area (Å²) < 4.78 is 5.32. The minimum absolute atomic E-state index is 0.122. The highest BCUT2D eigenvalue weighted by atomic mass is 127.